The lowest BCUT2D eigenvalue weighted by Gasteiger charge is -2.15. The molecule has 0 radical (unpaired) electrons. The smallest absolute Gasteiger partial charge is 0.226 e. The van der Waals surface area contributed by atoms with Crippen LogP contribution in [0.15, 0.2) is 48.9 Å². The van der Waals surface area contributed by atoms with Crippen molar-refractivity contribution in [2.75, 3.05) is 5.32 Å². The first kappa shape index (κ1) is 15.0. The van der Waals surface area contributed by atoms with Crippen LogP contribution in [0, 0.1) is 6.92 Å². The van der Waals surface area contributed by atoms with Crippen LogP contribution in [0.1, 0.15) is 24.4 Å². The maximum atomic E-state index is 5.79. The van der Waals surface area contributed by atoms with Gasteiger partial charge in [0.2, 0.25) is 11.8 Å². The fourth-order valence-corrected chi connectivity index (χ4v) is 2.32. The Labute approximate surface area is 135 Å². The third-order valence-corrected chi connectivity index (χ3v) is 3.44. The van der Waals surface area contributed by atoms with E-state index >= 15 is 0 Å². The van der Waals surface area contributed by atoms with E-state index in [9.17, 15) is 0 Å². The standard InChI is InChI=1S/C17H19N5O/c1-12-9-16(23-14-7-5-4-6-8-14)21-17(19-12)20-13(2)15-10-18-11-22(15)3/h4-11,13H,1-3H3,(H,19,20,21). The quantitative estimate of drug-likeness (QED) is 0.781. The van der Waals surface area contributed by atoms with Crippen molar-refractivity contribution < 1.29 is 4.74 Å². The Bertz CT molecular complexity index is 785. The van der Waals surface area contributed by atoms with Crippen LogP contribution in [-0.4, -0.2) is 19.5 Å². The van der Waals surface area contributed by atoms with Crippen LogP contribution in [0.4, 0.5) is 5.95 Å². The predicted octanol–water partition coefficient (Wildman–Crippen LogP) is 3.48. The fraction of sp³-hybridized carbons (Fsp3) is 0.235. The van der Waals surface area contributed by atoms with Gasteiger partial charge in [-0.15, -0.1) is 0 Å². The zero-order valence-corrected chi connectivity index (χ0v) is 13.4. The number of aryl methyl sites for hydroxylation is 2. The van der Waals surface area contributed by atoms with Crippen LogP contribution < -0.4 is 10.1 Å². The maximum absolute atomic E-state index is 5.79. The van der Waals surface area contributed by atoms with E-state index in [-0.39, 0.29) is 6.04 Å². The van der Waals surface area contributed by atoms with Gasteiger partial charge in [-0.25, -0.2) is 9.97 Å². The summed E-state index contributed by atoms with van der Waals surface area (Å²) in [6, 6.07) is 11.4. The summed E-state index contributed by atoms with van der Waals surface area (Å²) >= 11 is 0. The minimum atomic E-state index is 0.0360. The molecule has 23 heavy (non-hydrogen) atoms. The van der Waals surface area contributed by atoms with E-state index in [0.717, 1.165) is 17.1 Å². The monoisotopic (exact) mass is 309 g/mol. The molecule has 3 aromatic rings. The van der Waals surface area contributed by atoms with Gasteiger partial charge in [0.15, 0.2) is 0 Å². The van der Waals surface area contributed by atoms with E-state index in [0.29, 0.717) is 11.8 Å². The second-order valence-electron chi connectivity index (χ2n) is 5.38. The SMILES string of the molecule is Cc1cc(Oc2ccccc2)nc(NC(C)c2cncn2C)n1. The number of hydrogen-bond donors (Lipinski definition) is 1. The van der Waals surface area contributed by atoms with E-state index in [1.54, 1.807) is 6.33 Å². The Kier molecular flexibility index (Phi) is 4.23. The van der Waals surface area contributed by atoms with Gasteiger partial charge in [0.1, 0.15) is 5.75 Å². The zero-order valence-electron chi connectivity index (χ0n) is 13.4. The molecule has 2 aromatic heterocycles. The number of nitrogens with zero attached hydrogens (tertiary/aromatic N) is 4. The summed E-state index contributed by atoms with van der Waals surface area (Å²) in [6.45, 7) is 3.96. The van der Waals surface area contributed by atoms with Gasteiger partial charge in [0, 0.05) is 18.8 Å². The van der Waals surface area contributed by atoms with Gasteiger partial charge in [0.25, 0.3) is 0 Å². The molecule has 1 unspecified atom stereocenters. The molecule has 0 aliphatic rings. The molecule has 1 aromatic carbocycles. The van der Waals surface area contributed by atoms with E-state index in [4.69, 9.17) is 4.74 Å². The summed E-state index contributed by atoms with van der Waals surface area (Å²) in [4.78, 5) is 13.0. The molecule has 0 bridgehead atoms. The van der Waals surface area contributed by atoms with E-state index in [2.05, 4.69) is 20.3 Å². The molecule has 0 aliphatic heterocycles. The highest BCUT2D eigenvalue weighted by Gasteiger charge is 2.12. The summed E-state index contributed by atoms with van der Waals surface area (Å²) in [7, 11) is 1.96. The Morgan fingerprint density at radius 2 is 1.96 bits per heavy atom. The van der Waals surface area contributed by atoms with Crippen LogP contribution in [0.5, 0.6) is 11.6 Å². The van der Waals surface area contributed by atoms with E-state index in [1.165, 1.54) is 0 Å². The number of nitrogens with one attached hydrogen (secondary N) is 1. The van der Waals surface area contributed by atoms with Gasteiger partial charge >= 0.3 is 0 Å². The molecule has 0 aliphatic carbocycles. The molecule has 1 N–H and O–H groups in total. The lowest BCUT2D eigenvalue weighted by molar-refractivity contribution is 0.461. The van der Waals surface area contributed by atoms with Crippen molar-refractivity contribution in [1.82, 2.24) is 19.5 Å². The number of aromatic nitrogens is 4. The molecule has 0 saturated heterocycles. The van der Waals surface area contributed by atoms with Crippen molar-refractivity contribution in [3.63, 3.8) is 0 Å². The summed E-state index contributed by atoms with van der Waals surface area (Å²) in [5, 5.41) is 3.29. The van der Waals surface area contributed by atoms with E-state index < -0.39 is 0 Å². The Morgan fingerprint density at radius 3 is 2.65 bits per heavy atom. The lowest BCUT2D eigenvalue weighted by Crippen LogP contribution is -2.13. The number of imidazole rings is 1. The van der Waals surface area contributed by atoms with Crippen molar-refractivity contribution >= 4 is 5.95 Å². The van der Waals surface area contributed by atoms with Crippen molar-refractivity contribution in [2.24, 2.45) is 7.05 Å². The highest BCUT2D eigenvalue weighted by Crippen LogP contribution is 2.22. The summed E-state index contributed by atoms with van der Waals surface area (Å²) in [5.41, 5.74) is 1.89. The topological polar surface area (TPSA) is 64.9 Å². The van der Waals surface area contributed by atoms with Crippen molar-refractivity contribution in [3.05, 3.63) is 60.3 Å². The molecular formula is C17H19N5O. The third-order valence-electron chi connectivity index (χ3n) is 3.44. The summed E-state index contributed by atoms with van der Waals surface area (Å²) in [6.07, 6.45) is 3.60. The van der Waals surface area contributed by atoms with Gasteiger partial charge in [-0.2, -0.15) is 4.98 Å². The van der Waals surface area contributed by atoms with Gasteiger partial charge in [0.05, 0.1) is 24.3 Å². The second kappa shape index (κ2) is 6.48. The number of hydrogen-bond acceptors (Lipinski definition) is 5. The normalized spacial score (nSPS) is 12.0. The zero-order chi connectivity index (χ0) is 16.2. The molecular weight excluding hydrogens is 290 g/mol. The fourth-order valence-electron chi connectivity index (χ4n) is 2.32. The molecule has 3 rings (SSSR count). The Hall–Kier alpha value is -2.89. The Morgan fingerprint density at radius 1 is 1.17 bits per heavy atom. The maximum Gasteiger partial charge on any atom is 0.226 e. The van der Waals surface area contributed by atoms with Crippen molar-refractivity contribution in [1.29, 1.82) is 0 Å². The molecule has 0 amide bonds. The first-order chi connectivity index (χ1) is 11.1. The van der Waals surface area contributed by atoms with Gasteiger partial charge in [-0.05, 0) is 26.0 Å². The first-order valence-electron chi connectivity index (χ1n) is 7.43. The van der Waals surface area contributed by atoms with Crippen LogP contribution >= 0.6 is 0 Å². The lowest BCUT2D eigenvalue weighted by atomic mass is 10.2. The van der Waals surface area contributed by atoms with Gasteiger partial charge in [-0.3, -0.25) is 0 Å². The number of benzene rings is 1. The van der Waals surface area contributed by atoms with Crippen molar-refractivity contribution in [3.8, 4) is 11.6 Å². The van der Waals surface area contributed by atoms with Crippen LogP contribution in [0.3, 0.4) is 0 Å². The largest absolute Gasteiger partial charge is 0.439 e. The first-order valence-corrected chi connectivity index (χ1v) is 7.43. The summed E-state index contributed by atoms with van der Waals surface area (Å²) < 4.78 is 7.75. The van der Waals surface area contributed by atoms with E-state index in [1.807, 2.05) is 68.1 Å². The molecule has 1 atom stereocenters. The summed E-state index contributed by atoms with van der Waals surface area (Å²) in [5.74, 6) is 1.80. The van der Waals surface area contributed by atoms with Crippen LogP contribution in [0.25, 0.3) is 0 Å². The van der Waals surface area contributed by atoms with Crippen molar-refractivity contribution in [2.45, 2.75) is 19.9 Å². The average Bonchev–Trinajstić information content (AvgIpc) is 2.94. The van der Waals surface area contributed by atoms with Crippen LogP contribution in [-0.2, 0) is 7.05 Å². The second-order valence-corrected chi connectivity index (χ2v) is 5.38. The van der Waals surface area contributed by atoms with Gasteiger partial charge < -0.3 is 14.6 Å². The highest BCUT2D eigenvalue weighted by atomic mass is 16.5. The average molecular weight is 309 g/mol. The molecule has 2 heterocycles. The molecule has 6 nitrogen and oxygen atoms in total. The number of ether oxygens (including phenoxy) is 1. The highest BCUT2D eigenvalue weighted by molar-refractivity contribution is 5.35. The molecule has 0 fully saturated rings. The third kappa shape index (κ3) is 3.66. The number of anilines is 1. The molecule has 6 heteroatoms. The number of rotatable bonds is 5. The molecule has 0 spiro atoms. The Balaban J connectivity index is 1.79. The molecule has 118 valence electrons. The van der Waals surface area contributed by atoms with Gasteiger partial charge in [-0.1, -0.05) is 18.2 Å². The minimum absolute atomic E-state index is 0.0360. The minimum Gasteiger partial charge on any atom is -0.439 e. The van der Waals surface area contributed by atoms with Crippen LogP contribution in [0.2, 0.25) is 0 Å². The predicted molar refractivity (Wildman–Crippen MR) is 88.5 cm³/mol. The molecule has 0 saturated carbocycles. The number of para-hydroxylation sites is 1.